The highest BCUT2D eigenvalue weighted by Gasteiger charge is 2.40. The molecule has 2 aromatic heterocycles. The number of fused-ring (bicyclic) bond motifs is 1. The van der Waals surface area contributed by atoms with Crippen LogP contribution in [-0.4, -0.2) is 37.8 Å². The number of nitrogens with one attached hydrogen (secondary N) is 1. The Kier molecular flexibility index (Phi) is 5.98. The van der Waals surface area contributed by atoms with Crippen LogP contribution >= 0.6 is 11.3 Å². The van der Waals surface area contributed by atoms with E-state index in [-0.39, 0.29) is 30.0 Å². The fraction of sp³-hybridized carbons (Fsp3) is 0.286. The van der Waals surface area contributed by atoms with Gasteiger partial charge >= 0.3 is 0 Å². The Labute approximate surface area is 200 Å². The van der Waals surface area contributed by atoms with Crippen LogP contribution in [0.3, 0.4) is 0 Å². The average molecular weight is 520 g/mol. The van der Waals surface area contributed by atoms with Gasteiger partial charge in [-0.2, -0.15) is 13.1 Å². The molecule has 2 heterocycles. The monoisotopic (exact) mass is 519 g/mol. The van der Waals surface area contributed by atoms with E-state index in [0.29, 0.717) is 10.5 Å². The maximum absolute atomic E-state index is 13.4. The highest BCUT2D eigenvalue weighted by Crippen LogP contribution is 2.40. The van der Waals surface area contributed by atoms with Crippen LogP contribution in [0.5, 0.6) is 0 Å². The zero-order valence-corrected chi connectivity index (χ0v) is 20.2. The van der Waals surface area contributed by atoms with E-state index in [1.54, 1.807) is 0 Å². The SMILES string of the molecule is NS(=O)(=O)NCc1nnc(C(c2nc3ccc(-c4ccccc4)cc3s2)S(=O)(=O)CC2CC2)o1. The van der Waals surface area contributed by atoms with Crippen molar-refractivity contribution < 1.29 is 21.3 Å². The van der Waals surface area contributed by atoms with Crippen molar-refractivity contribution in [2.45, 2.75) is 24.6 Å². The minimum atomic E-state index is -3.97. The Bertz CT molecular complexity index is 1540. The van der Waals surface area contributed by atoms with Crippen molar-refractivity contribution in [2.24, 2.45) is 11.1 Å². The lowest BCUT2D eigenvalue weighted by Gasteiger charge is -2.11. The van der Waals surface area contributed by atoms with Crippen molar-refractivity contribution in [3.8, 4) is 11.1 Å². The Balaban J connectivity index is 1.53. The average Bonchev–Trinajstić information content (AvgIpc) is 3.30. The molecule has 5 rings (SSSR count). The van der Waals surface area contributed by atoms with Gasteiger partial charge in [-0.3, -0.25) is 0 Å². The summed E-state index contributed by atoms with van der Waals surface area (Å²) in [5, 5.41) is 11.7. The lowest BCUT2D eigenvalue weighted by Crippen LogP contribution is -2.30. The molecule has 34 heavy (non-hydrogen) atoms. The van der Waals surface area contributed by atoms with Crippen LogP contribution in [-0.2, 0) is 26.6 Å². The number of thiazole rings is 1. The predicted octanol–water partition coefficient (Wildman–Crippen LogP) is 2.55. The zero-order chi connectivity index (χ0) is 23.9. The largest absolute Gasteiger partial charge is 0.422 e. The predicted molar refractivity (Wildman–Crippen MR) is 128 cm³/mol. The molecule has 1 saturated carbocycles. The van der Waals surface area contributed by atoms with Crippen LogP contribution in [0.4, 0.5) is 0 Å². The second kappa shape index (κ2) is 8.82. The molecule has 1 aliphatic rings. The molecule has 2 aromatic carbocycles. The van der Waals surface area contributed by atoms with Gasteiger partial charge in [0.1, 0.15) is 5.01 Å². The van der Waals surface area contributed by atoms with Crippen molar-refractivity contribution >= 4 is 41.6 Å². The van der Waals surface area contributed by atoms with Crippen molar-refractivity contribution in [3.63, 3.8) is 0 Å². The molecule has 1 aliphatic carbocycles. The van der Waals surface area contributed by atoms with Crippen LogP contribution in [0.15, 0.2) is 52.9 Å². The second-order valence-corrected chi connectivity index (χ2v) is 12.7. The first-order valence-corrected chi connectivity index (χ1v) is 14.5. The van der Waals surface area contributed by atoms with E-state index >= 15 is 0 Å². The van der Waals surface area contributed by atoms with Gasteiger partial charge in [-0.05, 0) is 42.0 Å². The normalized spacial score (nSPS) is 15.6. The van der Waals surface area contributed by atoms with Gasteiger partial charge in [-0.15, -0.1) is 21.5 Å². The number of rotatable bonds is 9. The van der Waals surface area contributed by atoms with Gasteiger partial charge in [0.25, 0.3) is 10.2 Å². The van der Waals surface area contributed by atoms with E-state index in [9.17, 15) is 16.8 Å². The molecule has 0 saturated heterocycles. The van der Waals surface area contributed by atoms with Crippen LogP contribution in [0.25, 0.3) is 21.3 Å². The van der Waals surface area contributed by atoms with Crippen LogP contribution < -0.4 is 9.86 Å². The minimum absolute atomic E-state index is 0.00397. The Hall–Kier alpha value is -2.71. The third kappa shape index (κ3) is 5.18. The lowest BCUT2D eigenvalue weighted by molar-refractivity contribution is 0.443. The van der Waals surface area contributed by atoms with E-state index in [1.165, 1.54) is 11.3 Å². The first kappa shape index (κ1) is 23.1. The van der Waals surface area contributed by atoms with Crippen molar-refractivity contribution in [1.29, 1.82) is 0 Å². The fourth-order valence-corrected chi connectivity index (χ4v) is 7.43. The van der Waals surface area contributed by atoms with Gasteiger partial charge in [0, 0.05) is 0 Å². The first-order valence-electron chi connectivity index (χ1n) is 10.4. The molecule has 1 fully saturated rings. The molecule has 178 valence electrons. The Morgan fingerprint density at radius 3 is 2.53 bits per heavy atom. The summed E-state index contributed by atoms with van der Waals surface area (Å²) in [6.07, 6.45) is 1.72. The molecule has 0 aliphatic heterocycles. The third-order valence-electron chi connectivity index (χ3n) is 5.39. The highest BCUT2D eigenvalue weighted by atomic mass is 32.2. The van der Waals surface area contributed by atoms with Gasteiger partial charge < -0.3 is 4.42 Å². The molecule has 1 atom stereocenters. The molecule has 0 radical (unpaired) electrons. The summed E-state index contributed by atoms with van der Waals surface area (Å²) in [5.74, 6) is -0.133. The summed E-state index contributed by atoms with van der Waals surface area (Å²) in [5.41, 5.74) is 2.71. The zero-order valence-electron chi connectivity index (χ0n) is 17.8. The Morgan fingerprint density at radius 1 is 1.06 bits per heavy atom. The quantitative estimate of drug-likeness (QED) is 0.341. The number of nitrogens with two attached hydrogens (primary N) is 1. The molecule has 0 bridgehead atoms. The fourth-order valence-electron chi connectivity index (χ4n) is 3.59. The molecule has 10 nitrogen and oxygen atoms in total. The molecule has 0 spiro atoms. The number of benzene rings is 2. The highest BCUT2D eigenvalue weighted by molar-refractivity contribution is 7.92. The molecule has 1 unspecified atom stereocenters. The van der Waals surface area contributed by atoms with Crippen molar-refractivity contribution in [1.82, 2.24) is 19.9 Å². The van der Waals surface area contributed by atoms with Gasteiger partial charge in [0.05, 0.1) is 22.5 Å². The van der Waals surface area contributed by atoms with E-state index in [1.807, 2.05) is 53.3 Å². The molecular weight excluding hydrogens is 498 g/mol. The summed E-state index contributed by atoms with van der Waals surface area (Å²) in [6.45, 7) is -0.346. The summed E-state index contributed by atoms with van der Waals surface area (Å²) in [7, 11) is -7.69. The van der Waals surface area contributed by atoms with Crippen molar-refractivity contribution in [3.05, 3.63) is 65.3 Å². The summed E-state index contributed by atoms with van der Waals surface area (Å²) < 4.78 is 57.5. The Morgan fingerprint density at radius 2 is 1.82 bits per heavy atom. The number of nitrogens with zero attached hydrogens (tertiary/aromatic N) is 3. The standard InChI is InChI=1S/C21H21N5O5S3/c22-34(29,30)23-11-18-25-26-20(31-18)19(33(27,28)12-13-6-7-13)21-24-16-9-8-15(10-17(16)32-21)14-4-2-1-3-5-14/h1-5,8-10,13,19,23H,6-7,11-12H2,(H2,22,29,30). The minimum Gasteiger partial charge on any atom is -0.422 e. The van der Waals surface area contributed by atoms with Gasteiger partial charge in [-0.25, -0.2) is 18.5 Å². The van der Waals surface area contributed by atoms with Crippen LogP contribution in [0, 0.1) is 5.92 Å². The van der Waals surface area contributed by atoms with E-state index < -0.39 is 25.3 Å². The van der Waals surface area contributed by atoms with Gasteiger partial charge in [0.15, 0.2) is 15.1 Å². The number of aromatic nitrogens is 3. The topological polar surface area (TPSA) is 158 Å². The third-order valence-corrected chi connectivity index (χ3v) is 9.25. The van der Waals surface area contributed by atoms with Crippen molar-refractivity contribution in [2.75, 3.05) is 5.75 Å². The molecule has 13 heteroatoms. The van der Waals surface area contributed by atoms with E-state index in [0.717, 1.165) is 28.7 Å². The van der Waals surface area contributed by atoms with Crippen LogP contribution in [0.1, 0.15) is 34.9 Å². The number of hydrogen-bond acceptors (Lipinski definition) is 9. The maximum atomic E-state index is 13.4. The summed E-state index contributed by atoms with van der Waals surface area (Å²) in [6, 6.07) is 15.6. The van der Waals surface area contributed by atoms with E-state index in [2.05, 4.69) is 15.2 Å². The summed E-state index contributed by atoms with van der Waals surface area (Å²) in [4.78, 5) is 4.59. The van der Waals surface area contributed by atoms with E-state index in [4.69, 9.17) is 9.56 Å². The molecule has 3 N–H and O–H groups in total. The molecule has 0 amide bonds. The maximum Gasteiger partial charge on any atom is 0.274 e. The number of sulfone groups is 1. The smallest absolute Gasteiger partial charge is 0.274 e. The number of hydrogen-bond donors (Lipinski definition) is 2. The molecule has 4 aromatic rings. The van der Waals surface area contributed by atoms with Crippen LogP contribution in [0.2, 0.25) is 0 Å². The summed E-state index contributed by atoms with van der Waals surface area (Å²) >= 11 is 1.26. The van der Waals surface area contributed by atoms with Gasteiger partial charge in [0.2, 0.25) is 11.8 Å². The van der Waals surface area contributed by atoms with Gasteiger partial charge in [-0.1, -0.05) is 36.4 Å². The molecular formula is C21H21N5O5S3. The lowest BCUT2D eigenvalue weighted by atomic mass is 10.1. The second-order valence-electron chi connectivity index (χ2n) is 8.15. The first-order chi connectivity index (χ1) is 16.2.